The van der Waals surface area contributed by atoms with E-state index in [1.165, 1.54) is 38.6 Å². The molecule has 0 amide bonds. The summed E-state index contributed by atoms with van der Waals surface area (Å²) in [4.78, 5) is 11.4. The number of nitrogens with zero attached hydrogens (tertiary/aromatic N) is 3. The Kier molecular flexibility index (Phi) is 4.43. The van der Waals surface area contributed by atoms with Crippen LogP contribution in [0.25, 0.3) is 0 Å². The molecule has 8 nitrogen and oxygen atoms in total. The van der Waals surface area contributed by atoms with E-state index in [0.717, 1.165) is 0 Å². The molecule has 0 aromatic carbocycles. The standard InChI is InChI=1S/C11H11ClN4O4S/c1-19-9-6-10(20-2)15-11(14-9)16-21(17,18)7-3-4-13-8(12)5-7/h3-6H,1-2H3,(H,14,15,16). The highest BCUT2D eigenvalue weighted by Crippen LogP contribution is 2.20. The van der Waals surface area contributed by atoms with E-state index < -0.39 is 10.0 Å². The van der Waals surface area contributed by atoms with Gasteiger partial charge in [-0.3, -0.25) is 0 Å². The van der Waals surface area contributed by atoms with Crippen molar-refractivity contribution in [2.24, 2.45) is 0 Å². The first-order chi connectivity index (χ1) is 9.94. The van der Waals surface area contributed by atoms with Crippen LogP contribution in [0.2, 0.25) is 5.15 Å². The summed E-state index contributed by atoms with van der Waals surface area (Å²) in [5.41, 5.74) is 0. The highest BCUT2D eigenvalue weighted by molar-refractivity contribution is 7.92. The SMILES string of the molecule is COc1cc(OC)nc(NS(=O)(=O)c2ccnc(Cl)c2)n1. The van der Waals surface area contributed by atoms with Crippen molar-refractivity contribution in [1.29, 1.82) is 0 Å². The molecule has 10 heteroatoms. The maximum Gasteiger partial charge on any atom is 0.264 e. The molecule has 0 aliphatic carbocycles. The second-order valence-electron chi connectivity index (χ2n) is 3.70. The Labute approximate surface area is 126 Å². The minimum absolute atomic E-state index is 0.0574. The summed E-state index contributed by atoms with van der Waals surface area (Å²) in [5.74, 6) is 0.138. The lowest BCUT2D eigenvalue weighted by Crippen LogP contribution is -2.15. The van der Waals surface area contributed by atoms with E-state index in [4.69, 9.17) is 21.1 Å². The van der Waals surface area contributed by atoms with Crippen LogP contribution in [0, 0.1) is 0 Å². The van der Waals surface area contributed by atoms with Gasteiger partial charge in [-0.1, -0.05) is 11.6 Å². The maximum absolute atomic E-state index is 12.2. The number of rotatable bonds is 5. The second kappa shape index (κ2) is 6.10. The van der Waals surface area contributed by atoms with Crippen LogP contribution >= 0.6 is 11.6 Å². The lowest BCUT2D eigenvalue weighted by molar-refractivity contribution is 0.373. The van der Waals surface area contributed by atoms with Gasteiger partial charge in [0.2, 0.25) is 17.7 Å². The minimum Gasteiger partial charge on any atom is -0.481 e. The highest BCUT2D eigenvalue weighted by Gasteiger charge is 2.17. The molecule has 1 N–H and O–H groups in total. The predicted octanol–water partition coefficient (Wildman–Crippen LogP) is 1.34. The van der Waals surface area contributed by atoms with Gasteiger partial charge in [0.1, 0.15) is 5.15 Å². The van der Waals surface area contributed by atoms with E-state index >= 15 is 0 Å². The average molecular weight is 331 g/mol. The van der Waals surface area contributed by atoms with Crippen molar-refractivity contribution in [1.82, 2.24) is 15.0 Å². The Morgan fingerprint density at radius 1 is 1.14 bits per heavy atom. The molecule has 0 radical (unpaired) electrons. The Balaban J connectivity index is 2.36. The van der Waals surface area contributed by atoms with Gasteiger partial charge in [-0.15, -0.1) is 0 Å². The molecule has 0 aliphatic rings. The molecule has 2 heterocycles. The third-order valence-electron chi connectivity index (χ3n) is 2.33. The summed E-state index contributed by atoms with van der Waals surface area (Å²) in [5, 5.41) is 0.0574. The lowest BCUT2D eigenvalue weighted by Gasteiger charge is -2.09. The van der Waals surface area contributed by atoms with Crippen molar-refractivity contribution >= 4 is 27.6 Å². The lowest BCUT2D eigenvalue weighted by atomic mass is 10.5. The first-order valence-corrected chi connectivity index (χ1v) is 7.42. The fourth-order valence-electron chi connectivity index (χ4n) is 1.39. The van der Waals surface area contributed by atoms with Gasteiger partial charge in [-0.25, -0.2) is 18.1 Å². The van der Waals surface area contributed by atoms with Crippen LogP contribution in [-0.4, -0.2) is 37.6 Å². The molecule has 2 aromatic heterocycles. The molecular weight excluding hydrogens is 320 g/mol. The van der Waals surface area contributed by atoms with Gasteiger partial charge in [0, 0.05) is 6.20 Å². The van der Waals surface area contributed by atoms with E-state index in [1.807, 2.05) is 0 Å². The molecule has 0 saturated carbocycles. The molecule has 21 heavy (non-hydrogen) atoms. The van der Waals surface area contributed by atoms with Gasteiger partial charge >= 0.3 is 0 Å². The zero-order valence-electron chi connectivity index (χ0n) is 11.1. The topological polar surface area (TPSA) is 103 Å². The van der Waals surface area contributed by atoms with E-state index in [9.17, 15) is 8.42 Å². The summed E-state index contributed by atoms with van der Waals surface area (Å²) in [6.07, 6.45) is 1.28. The zero-order chi connectivity index (χ0) is 15.5. The van der Waals surface area contributed by atoms with Gasteiger partial charge in [0.05, 0.1) is 25.2 Å². The second-order valence-corrected chi connectivity index (χ2v) is 5.77. The van der Waals surface area contributed by atoms with Crippen LogP contribution in [0.3, 0.4) is 0 Å². The summed E-state index contributed by atoms with van der Waals surface area (Å²) < 4.78 is 36.5. The fraction of sp³-hybridized carbons (Fsp3) is 0.182. The van der Waals surface area contributed by atoms with Crippen molar-refractivity contribution in [2.75, 3.05) is 18.9 Å². The van der Waals surface area contributed by atoms with Crippen molar-refractivity contribution in [3.05, 3.63) is 29.5 Å². The normalized spacial score (nSPS) is 11.0. The van der Waals surface area contributed by atoms with Crippen LogP contribution in [0.4, 0.5) is 5.95 Å². The number of methoxy groups -OCH3 is 2. The van der Waals surface area contributed by atoms with Gasteiger partial charge < -0.3 is 9.47 Å². The number of hydrogen-bond acceptors (Lipinski definition) is 7. The molecule has 0 spiro atoms. The zero-order valence-corrected chi connectivity index (χ0v) is 12.6. The number of aromatic nitrogens is 3. The number of halogens is 1. The summed E-state index contributed by atoms with van der Waals surface area (Å²) in [6.45, 7) is 0. The van der Waals surface area contributed by atoms with Crippen LogP contribution in [-0.2, 0) is 10.0 Å². The minimum atomic E-state index is -3.90. The molecule has 2 rings (SSSR count). The molecule has 0 atom stereocenters. The molecule has 0 aliphatic heterocycles. The largest absolute Gasteiger partial charge is 0.481 e. The number of nitrogens with one attached hydrogen (secondary N) is 1. The Bertz CT molecular complexity index is 731. The molecule has 112 valence electrons. The van der Waals surface area contributed by atoms with E-state index in [0.29, 0.717) is 0 Å². The fourth-order valence-corrected chi connectivity index (χ4v) is 2.58. The highest BCUT2D eigenvalue weighted by atomic mass is 35.5. The number of ether oxygens (including phenoxy) is 2. The van der Waals surface area contributed by atoms with Gasteiger partial charge in [0.25, 0.3) is 10.0 Å². The Morgan fingerprint density at radius 2 is 1.76 bits per heavy atom. The van der Waals surface area contributed by atoms with Gasteiger partial charge in [-0.2, -0.15) is 9.97 Å². The predicted molar refractivity (Wildman–Crippen MR) is 75.2 cm³/mol. The average Bonchev–Trinajstić information content (AvgIpc) is 2.46. The van der Waals surface area contributed by atoms with Crippen LogP contribution in [0.1, 0.15) is 0 Å². The molecule has 2 aromatic rings. The van der Waals surface area contributed by atoms with E-state index in [2.05, 4.69) is 19.7 Å². The third-order valence-corrected chi connectivity index (χ3v) is 3.86. The molecule has 0 bridgehead atoms. The van der Waals surface area contributed by atoms with Crippen molar-refractivity contribution in [2.45, 2.75) is 4.90 Å². The van der Waals surface area contributed by atoms with Gasteiger partial charge in [-0.05, 0) is 12.1 Å². The number of anilines is 1. The Morgan fingerprint density at radius 3 is 2.29 bits per heavy atom. The monoisotopic (exact) mass is 330 g/mol. The van der Waals surface area contributed by atoms with Crippen molar-refractivity contribution < 1.29 is 17.9 Å². The van der Waals surface area contributed by atoms with Gasteiger partial charge in [0.15, 0.2) is 0 Å². The third kappa shape index (κ3) is 3.70. The number of pyridine rings is 1. The van der Waals surface area contributed by atoms with Crippen molar-refractivity contribution in [3.63, 3.8) is 0 Å². The first-order valence-electron chi connectivity index (χ1n) is 5.56. The van der Waals surface area contributed by atoms with Crippen molar-refractivity contribution in [3.8, 4) is 11.8 Å². The number of sulfonamides is 1. The molecule has 0 unspecified atom stereocenters. The van der Waals surface area contributed by atoms with Crippen LogP contribution in [0.5, 0.6) is 11.8 Å². The molecule has 0 saturated heterocycles. The smallest absolute Gasteiger partial charge is 0.264 e. The van der Waals surface area contributed by atoms with E-state index in [-0.39, 0.29) is 27.8 Å². The summed E-state index contributed by atoms with van der Waals surface area (Å²) >= 11 is 5.67. The number of hydrogen-bond donors (Lipinski definition) is 1. The summed E-state index contributed by atoms with van der Waals surface area (Å²) in [7, 11) is -1.11. The van der Waals surface area contributed by atoms with Crippen LogP contribution < -0.4 is 14.2 Å². The molecular formula is C11H11ClN4O4S. The first kappa shape index (κ1) is 15.3. The van der Waals surface area contributed by atoms with Crippen LogP contribution in [0.15, 0.2) is 29.3 Å². The Hall–Kier alpha value is -2.13. The quantitative estimate of drug-likeness (QED) is 0.825. The van der Waals surface area contributed by atoms with E-state index in [1.54, 1.807) is 0 Å². The maximum atomic E-state index is 12.2. The molecule has 0 fully saturated rings. The summed E-state index contributed by atoms with van der Waals surface area (Å²) in [6, 6.07) is 3.92.